The van der Waals surface area contributed by atoms with E-state index in [-0.39, 0.29) is 0 Å². The van der Waals surface area contributed by atoms with Crippen molar-refractivity contribution >= 4 is 0 Å². The molecule has 114 valence electrons. The highest BCUT2D eigenvalue weighted by Crippen LogP contribution is 2.16. The lowest BCUT2D eigenvalue weighted by molar-refractivity contribution is 0.199. The Morgan fingerprint density at radius 1 is 1.38 bits per heavy atom. The van der Waals surface area contributed by atoms with E-state index in [2.05, 4.69) is 42.2 Å². The van der Waals surface area contributed by atoms with E-state index in [1.165, 1.54) is 5.56 Å². The maximum absolute atomic E-state index is 5.01. The van der Waals surface area contributed by atoms with E-state index in [4.69, 9.17) is 4.74 Å². The average Bonchev–Trinajstić information content (AvgIpc) is 2.93. The van der Waals surface area contributed by atoms with E-state index in [1.807, 2.05) is 23.1 Å². The lowest BCUT2D eigenvalue weighted by Gasteiger charge is -2.09. The van der Waals surface area contributed by atoms with Crippen LogP contribution in [0.4, 0.5) is 0 Å². The van der Waals surface area contributed by atoms with E-state index in [1.54, 1.807) is 7.11 Å². The summed E-state index contributed by atoms with van der Waals surface area (Å²) in [6.07, 6.45) is 3.88. The van der Waals surface area contributed by atoms with Gasteiger partial charge in [0.25, 0.3) is 0 Å². The topological polar surface area (TPSA) is 52.0 Å². The van der Waals surface area contributed by atoms with Crippen molar-refractivity contribution in [3.8, 4) is 5.82 Å². The fraction of sp³-hybridized carbons (Fsp3) is 0.500. The average molecular weight is 288 g/mol. The molecule has 0 atom stereocenters. The van der Waals surface area contributed by atoms with Crippen LogP contribution in [0, 0.1) is 6.92 Å². The van der Waals surface area contributed by atoms with E-state index >= 15 is 0 Å². The second-order valence-electron chi connectivity index (χ2n) is 5.49. The molecule has 0 spiro atoms. The number of ether oxygens (including phenoxy) is 1. The normalized spacial score (nSPS) is 11.3. The molecule has 2 aromatic heterocycles. The minimum absolute atomic E-state index is 0.427. The van der Waals surface area contributed by atoms with Crippen LogP contribution in [0.25, 0.3) is 5.82 Å². The second kappa shape index (κ2) is 7.33. The van der Waals surface area contributed by atoms with Gasteiger partial charge in [0.2, 0.25) is 0 Å². The molecule has 0 aliphatic rings. The number of methoxy groups -OCH3 is 1. The highest BCUT2D eigenvalue weighted by atomic mass is 16.5. The van der Waals surface area contributed by atoms with Gasteiger partial charge in [0, 0.05) is 32.6 Å². The van der Waals surface area contributed by atoms with Gasteiger partial charge in [0.05, 0.1) is 12.3 Å². The van der Waals surface area contributed by atoms with Crippen molar-refractivity contribution in [1.29, 1.82) is 0 Å². The van der Waals surface area contributed by atoms with Gasteiger partial charge in [-0.05, 0) is 36.1 Å². The quantitative estimate of drug-likeness (QED) is 0.795. The summed E-state index contributed by atoms with van der Waals surface area (Å²) in [6, 6.07) is 4.20. The summed E-state index contributed by atoms with van der Waals surface area (Å²) in [7, 11) is 1.71. The summed E-state index contributed by atoms with van der Waals surface area (Å²) in [5.41, 5.74) is 3.38. The van der Waals surface area contributed by atoms with Gasteiger partial charge in [-0.2, -0.15) is 5.10 Å². The molecule has 0 aromatic carbocycles. The molecule has 2 aromatic rings. The molecule has 0 unspecified atom stereocenters. The van der Waals surface area contributed by atoms with Crippen LogP contribution in [0.15, 0.2) is 24.5 Å². The molecule has 1 N–H and O–H groups in total. The van der Waals surface area contributed by atoms with E-state index in [0.717, 1.165) is 36.8 Å². The van der Waals surface area contributed by atoms with Crippen molar-refractivity contribution in [2.45, 2.75) is 33.2 Å². The smallest absolute Gasteiger partial charge is 0.156 e. The summed E-state index contributed by atoms with van der Waals surface area (Å²) >= 11 is 0. The number of rotatable bonds is 7. The highest BCUT2D eigenvalue weighted by molar-refractivity contribution is 5.35. The standard InChI is InChI=1S/C16H24N4O/c1-12(2)15-5-7-20(19-15)16-13(3)9-14(11-18-16)10-17-6-8-21-4/h5,7,9,11-12,17H,6,8,10H2,1-4H3. The maximum Gasteiger partial charge on any atom is 0.156 e. The van der Waals surface area contributed by atoms with Gasteiger partial charge in [-0.1, -0.05) is 13.8 Å². The Hall–Kier alpha value is -1.72. The lowest BCUT2D eigenvalue weighted by atomic mass is 10.1. The van der Waals surface area contributed by atoms with Crippen LogP contribution in [-0.4, -0.2) is 35.0 Å². The molecule has 2 rings (SSSR count). The first kappa shape index (κ1) is 15.7. The van der Waals surface area contributed by atoms with Crippen molar-refractivity contribution in [1.82, 2.24) is 20.1 Å². The largest absolute Gasteiger partial charge is 0.383 e. The minimum atomic E-state index is 0.427. The second-order valence-corrected chi connectivity index (χ2v) is 5.49. The van der Waals surface area contributed by atoms with Gasteiger partial charge in [-0.25, -0.2) is 9.67 Å². The van der Waals surface area contributed by atoms with E-state index in [9.17, 15) is 0 Å². The molecule has 0 aliphatic heterocycles. The first-order chi connectivity index (χ1) is 10.1. The molecular formula is C16H24N4O. The van der Waals surface area contributed by atoms with Crippen LogP contribution in [0.1, 0.15) is 36.6 Å². The minimum Gasteiger partial charge on any atom is -0.383 e. The predicted molar refractivity (Wildman–Crippen MR) is 83.8 cm³/mol. The fourth-order valence-corrected chi connectivity index (χ4v) is 2.13. The van der Waals surface area contributed by atoms with Gasteiger partial charge < -0.3 is 10.1 Å². The van der Waals surface area contributed by atoms with Crippen molar-refractivity contribution in [2.75, 3.05) is 20.3 Å². The SMILES string of the molecule is COCCNCc1cnc(-n2ccc(C(C)C)n2)c(C)c1. The van der Waals surface area contributed by atoms with Gasteiger partial charge in [0.1, 0.15) is 0 Å². The Bertz CT molecular complexity index is 577. The Morgan fingerprint density at radius 3 is 2.81 bits per heavy atom. The van der Waals surface area contributed by atoms with Gasteiger partial charge >= 0.3 is 0 Å². The Kier molecular flexibility index (Phi) is 5.47. The van der Waals surface area contributed by atoms with Crippen LogP contribution in [0.2, 0.25) is 0 Å². The maximum atomic E-state index is 5.01. The van der Waals surface area contributed by atoms with Crippen molar-refractivity contribution in [3.05, 3.63) is 41.3 Å². The molecule has 0 bridgehead atoms. The van der Waals surface area contributed by atoms with Gasteiger partial charge in [0.15, 0.2) is 5.82 Å². The van der Waals surface area contributed by atoms with Crippen molar-refractivity contribution in [2.24, 2.45) is 0 Å². The number of hydrogen-bond donors (Lipinski definition) is 1. The molecule has 0 amide bonds. The third-order valence-corrected chi connectivity index (χ3v) is 3.34. The third-order valence-electron chi connectivity index (χ3n) is 3.34. The summed E-state index contributed by atoms with van der Waals surface area (Å²) in [5, 5.41) is 7.90. The fourth-order valence-electron chi connectivity index (χ4n) is 2.13. The van der Waals surface area contributed by atoms with Crippen molar-refractivity contribution in [3.63, 3.8) is 0 Å². The molecule has 0 fully saturated rings. The zero-order valence-electron chi connectivity index (χ0n) is 13.3. The van der Waals surface area contributed by atoms with Crippen LogP contribution in [0.3, 0.4) is 0 Å². The summed E-state index contributed by atoms with van der Waals surface area (Å²) in [4.78, 5) is 4.55. The van der Waals surface area contributed by atoms with E-state index < -0.39 is 0 Å². The number of aryl methyl sites for hydroxylation is 1. The molecule has 0 radical (unpaired) electrons. The molecular weight excluding hydrogens is 264 g/mol. The molecule has 0 aliphatic carbocycles. The molecule has 2 heterocycles. The zero-order valence-corrected chi connectivity index (χ0v) is 13.3. The van der Waals surface area contributed by atoms with E-state index in [0.29, 0.717) is 5.92 Å². The summed E-state index contributed by atoms with van der Waals surface area (Å²) < 4.78 is 6.87. The Labute approximate surface area is 126 Å². The number of nitrogens with one attached hydrogen (secondary N) is 1. The molecule has 5 heteroatoms. The Morgan fingerprint density at radius 2 is 2.19 bits per heavy atom. The van der Waals surface area contributed by atoms with Gasteiger partial charge in [-0.15, -0.1) is 0 Å². The number of pyridine rings is 1. The van der Waals surface area contributed by atoms with Crippen LogP contribution < -0.4 is 5.32 Å². The summed E-state index contributed by atoms with van der Waals surface area (Å²) in [6.45, 7) is 8.71. The zero-order chi connectivity index (χ0) is 15.2. The first-order valence-corrected chi connectivity index (χ1v) is 7.33. The monoisotopic (exact) mass is 288 g/mol. The van der Waals surface area contributed by atoms with Crippen molar-refractivity contribution < 1.29 is 4.74 Å². The first-order valence-electron chi connectivity index (χ1n) is 7.33. The molecule has 5 nitrogen and oxygen atoms in total. The van der Waals surface area contributed by atoms with Crippen LogP contribution in [0.5, 0.6) is 0 Å². The van der Waals surface area contributed by atoms with Gasteiger partial charge in [-0.3, -0.25) is 0 Å². The number of hydrogen-bond acceptors (Lipinski definition) is 4. The molecule has 0 saturated carbocycles. The third kappa shape index (κ3) is 4.12. The highest BCUT2D eigenvalue weighted by Gasteiger charge is 2.08. The number of aromatic nitrogens is 3. The van der Waals surface area contributed by atoms with Crippen LogP contribution >= 0.6 is 0 Å². The summed E-state index contributed by atoms with van der Waals surface area (Å²) in [5.74, 6) is 1.32. The number of nitrogens with zero attached hydrogens (tertiary/aromatic N) is 3. The molecule has 21 heavy (non-hydrogen) atoms. The predicted octanol–water partition coefficient (Wildman–Crippen LogP) is 2.44. The van der Waals surface area contributed by atoms with Crippen LogP contribution in [-0.2, 0) is 11.3 Å². The lowest BCUT2D eigenvalue weighted by Crippen LogP contribution is -2.18. The molecule has 0 saturated heterocycles. The Balaban J connectivity index is 2.07.